The van der Waals surface area contributed by atoms with Crippen molar-refractivity contribution < 1.29 is 14.6 Å². The Kier molecular flexibility index (Phi) is 6.22. The standard InChI is InChI=1S/C13H20O3S/c1-4-15-12-7-6-10(11(14)9-17-3)8-13(12)16-5-2/h6-8,11,14H,4-5,9H2,1-3H3. The fourth-order valence-electron chi connectivity index (χ4n) is 1.53. The van der Waals surface area contributed by atoms with Crippen molar-refractivity contribution in [2.45, 2.75) is 20.0 Å². The quantitative estimate of drug-likeness (QED) is 0.814. The van der Waals surface area contributed by atoms with Crippen molar-refractivity contribution in [2.24, 2.45) is 0 Å². The van der Waals surface area contributed by atoms with E-state index in [0.717, 1.165) is 11.3 Å². The number of hydrogen-bond donors (Lipinski definition) is 1. The molecule has 96 valence electrons. The molecule has 0 aliphatic rings. The maximum Gasteiger partial charge on any atom is 0.161 e. The lowest BCUT2D eigenvalue weighted by Gasteiger charge is -2.15. The second-order valence-electron chi connectivity index (χ2n) is 3.54. The van der Waals surface area contributed by atoms with Crippen molar-refractivity contribution in [3.05, 3.63) is 23.8 Å². The molecule has 1 aromatic rings. The van der Waals surface area contributed by atoms with Gasteiger partial charge in [-0.2, -0.15) is 11.8 Å². The monoisotopic (exact) mass is 256 g/mol. The van der Waals surface area contributed by atoms with Crippen molar-refractivity contribution in [3.8, 4) is 11.5 Å². The van der Waals surface area contributed by atoms with Gasteiger partial charge in [-0.1, -0.05) is 6.07 Å². The smallest absolute Gasteiger partial charge is 0.161 e. The molecule has 1 rings (SSSR count). The van der Waals surface area contributed by atoms with Crippen LogP contribution in [0.25, 0.3) is 0 Å². The van der Waals surface area contributed by atoms with E-state index in [1.807, 2.05) is 38.3 Å². The summed E-state index contributed by atoms with van der Waals surface area (Å²) in [5, 5.41) is 9.92. The van der Waals surface area contributed by atoms with Crippen LogP contribution in [-0.4, -0.2) is 30.3 Å². The largest absolute Gasteiger partial charge is 0.490 e. The van der Waals surface area contributed by atoms with Gasteiger partial charge in [-0.25, -0.2) is 0 Å². The Labute approximate surface area is 107 Å². The first kappa shape index (κ1) is 14.2. The van der Waals surface area contributed by atoms with Gasteiger partial charge in [0.2, 0.25) is 0 Å². The summed E-state index contributed by atoms with van der Waals surface area (Å²) in [4.78, 5) is 0. The van der Waals surface area contributed by atoms with Crippen LogP contribution in [0.3, 0.4) is 0 Å². The molecule has 0 aromatic heterocycles. The van der Waals surface area contributed by atoms with Gasteiger partial charge in [-0.15, -0.1) is 0 Å². The highest BCUT2D eigenvalue weighted by Crippen LogP contribution is 2.31. The summed E-state index contributed by atoms with van der Waals surface area (Å²) in [5.74, 6) is 2.11. The molecule has 1 aromatic carbocycles. The summed E-state index contributed by atoms with van der Waals surface area (Å²) < 4.78 is 11.0. The summed E-state index contributed by atoms with van der Waals surface area (Å²) in [7, 11) is 0. The van der Waals surface area contributed by atoms with Crippen molar-refractivity contribution >= 4 is 11.8 Å². The predicted molar refractivity (Wildman–Crippen MR) is 72.1 cm³/mol. The van der Waals surface area contributed by atoms with E-state index in [-0.39, 0.29) is 0 Å². The number of ether oxygens (including phenoxy) is 2. The fourth-order valence-corrected chi connectivity index (χ4v) is 2.04. The highest BCUT2D eigenvalue weighted by molar-refractivity contribution is 7.98. The van der Waals surface area contributed by atoms with E-state index in [2.05, 4.69) is 0 Å². The average molecular weight is 256 g/mol. The molecule has 1 unspecified atom stereocenters. The Morgan fingerprint density at radius 1 is 1.18 bits per heavy atom. The van der Waals surface area contributed by atoms with Gasteiger partial charge in [0.25, 0.3) is 0 Å². The molecule has 0 heterocycles. The molecule has 0 bridgehead atoms. The zero-order valence-electron chi connectivity index (χ0n) is 10.6. The summed E-state index contributed by atoms with van der Waals surface area (Å²) in [6.45, 7) is 5.06. The predicted octanol–water partition coefficient (Wildman–Crippen LogP) is 2.88. The van der Waals surface area contributed by atoms with E-state index < -0.39 is 6.10 Å². The molecule has 17 heavy (non-hydrogen) atoms. The maximum absolute atomic E-state index is 9.92. The molecular weight excluding hydrogens is 236 g/mol. The molecule has 1 atom stereocenters. The van der Waals surface area contributed by atoms with E-state index in [0.29, 0.717) is 24.7 Å². The lowest BCUT2D eigenvalue weighted by Crippen LogP contribution is -2.03. The lowest BCUT2D eigenvalue weighted by molar-refractivity contribution is 0.203. The maximum atomic E-state index is 9.92. The Morgan fingerprint density at radius 2 is 1.82 bits per heavy atom. The van der Waals surface area contributed by atoms with E-state index in [1.165, 1.54) is 0 Å². The molecule has 0 spiro atoms. The van der Waals surface area contributed by atoms with Gasteiger partial charge in [-0.05, 0) is 37.8 Å². The topological polar surface area (TPSA) is 38.7 Å². The molecule has 0 aliphatic heterocycles. The minimum atomic E-state index is -0.458. The molecular formula is C13H20O3S. The highest BCUT2D eigenvalue weighted by Gasteiger charge is 2.11. The van der Waals surface area contributed by atoms with Crippen LogP contribution in [0.1, 0.15) is 25.5 Å². The SMILES string of the molecule is CCOc1ccc(C(O)CSC)cc1OCC. The van der Waals surface area contributed by atoms with Gasteiger partial charge in [-0.3, -0.25) is 0 Å². The van der Waals surface area contributed by atoms with Gasteiger partial charge in [0.1, 0.15) is 0 Å². The Bertz CT molecular complexity index is 341. The number of aliphatic hydroxyl groups excluding tert-OH is 1. The first-order valence-corrected chi connectivity index (χ1v) is 7.18. The van der Waals surface area contributed by atoms with Crippen LogP contribution >= 0.6 is 11.8 Å². The van der Waals surface area contributed by atoms with Crippen LogP contribution in [0, 0.1) is 0 Å². The van der Waals surface area contributed by atoms with E-state index in [9.17, 15) is 5.11 Å². The zero-order valence-corrected chi connectivity index (χ0v) is 11.4. The summed E-state index contributed by atoms with van der Waals surface area (Å²) >= 11 is 1.62. The van der Waals surface area contributed by atoms with Crippen LogP contribution in [-0.2, 0) is 0 Å². The van der Waals surface area contributed by atoms with Crippen LogP contribution in [0.5, 0.6) is 11.5 Å². The van der Waals surface area contributed by atoms with E-state index in [4.69, 9.17) is 9.47 Å². The van der Waals surface area contributed by atoms with Crippen LogP contribution in [0.4, 0.5) is 0 Å². The highest BCUT2D eigenvalue weighted by atomic mass is 32.2. The third-order valence-corrected chi connectivity index (χ3v) is 2.93. The number of thioether (sulfide) groups is 1. The molecule has 0 radical (unpaired) electrons. The fraction of sp³-hybridized carbons (Fsp3) is 0.538. The van der Waals surface area contributed by atoms with Crippen molar-refractivity contribution in [1.29, 1.82) is 0 Å². The number of benzene rings is 1. The molecule has 0 fully saturated rings. The molecule has 0 aliphatic carbocycles. The Morgan fingerprint density at radius 3 is 2.41 bits per heavy atom. The average Bonchev–Trinajstić information content (AvgIpc) is 2.32. The van der Waals surface area contributed by atoms with Gasteiger partial charge in [0, 0.05) is 5.75 Å². The molecule has 3 nitrogen and oxygen atoms in total. The molecule has 0 amide bonds. The number of hydrogen-bond acceptors (Lipinski definition) is 4. The van der Waals surface area contributed by atoms with Crippen molar-refractivity contribution in [1.82, 2.24) is 0 Å². The van der Waals surface area contributed by atoms with E-state index in [1.54, 1.807) is 11.8 Å². The van der Waals surface area contributed by atoms with Gasteiger partial charge in [0.05, 0.1) is 19.3 Å². The third kappa shape index (κ3) is 4.13. The molecule has 0 saturated carbocycles. The summed E-state index contributed by atoms with van der Waals surface area (Å²) in [6, 6.07) is 5.59. The van der Waals surface area contributed by atoms with Crippen LogP contribution in [0.2, 0.25) is 0 Å². The van der Waals surface area contributed by atoms with Gasteiger partial charge >= 0.3 is 0 Å². The second kappa shape index (κ2) is 7.45. The minimum Gasteiger partial charge on any atom is -0.490 e. The van der Waals surface area contributed by atoms with E-state index >= 15 is 0 Å². The van der Waals surface area contributed by atoms with Gasteiger partial charge in [0.15, 0.2) is 11.5 Å². The lowest BCUT2D eigenvalue weighted by atomic mass is 10.1. The Hall–Kier alpha value is -0.870. The number of rotatable bonds is 7. The summed E-state index contributed by atoms with van der Waals surface area (Å²) in [5.41, 5.74) is 0.867. The first-order valence-electron chi connectivity index (χ1n) is 5.79. The van der Waals surface area contributed by atoms with Crippen LogP contribution in [0.15, 0.2) is 18.2 Å². The third-order valence-electron chi connectivity index (χ3n) is 2.28. The minimum absolute atomic E-state index is 0.458. The van der Waals surface area contributed by atoms with Crippen molar-refractivity contribution in [3.63, 3.8) is 0 Å². The molecule has 1 N–H and O–H groups in total. The number of aliphatic hydroxyl groups is 1. The molecule has 4 heteroatoms. The van der Waals surface area contributed by atoms with Gasteiger partial charge < -0.3 is 14.6 Å². The Balaban J connectivity index is 2.91. The second-order valence-corrected chi connectivity index (χ2v) is 4.45. The summed E-state index contributed by atoms with van der Waals surface area (Å²) in [6.07, 6.45) is 1.52. The normalized spacial score (nSPS) is 12.2. The van der Waals surface area contributed by atoms with Crippen LogP contribution < -0.4 is 9.47 Å². The first-order chi connectivity index (χ1) is 8.22. The zero-order chi connectivity index (χ0) is 12.7. The van der Waals surface area contributed by atoms with Crippen molar-refractivity contribution in [2.75, 3.05) is 25.2 Å². The molecule has 0 saturated heterocycles.